The lowest BCUT2D eigenvalue weighted by atomic mass is 10.0. The quantitative estimate of drug-likeness (QED) is 0.755. The summed E-state index contributed by atoms with van der Waals surface area (Å²) in [7, 11) is 0. The van der Waals surface area contributed by atoms with Crippen molar-refractivity contribution < 1.29 is 5.11 Å². The average molecular weight is 207 g/mol. The van der Waals surface area contributed by atoms with Crippen molar-refractivity contribution in [1.82, 2.24) is 4.98 Å². The van der Waals surface area contributed by atoms with Gasteiger partial charge in [0.15, 0.2) is 0 Å². The molecule has 4 nitrogen and oxygen atoms in total. The minimum atomic E-state index is 0.198. The maximum Gasteiger partial charge on any atom is 0.125 e. The molecule has 0 aromatic carbocycles. The summed E-state index contributed by atoms with van der Waals surface area (Å²) in [6.07, 6.45) is 2.83. The molecule has 1 aromatic heterocycles. The second kappa shape index (κ2) is 4.06. The van der Waals surface area contributed by atoms with E-state index in [1.165, 1.54) is 0 Å². The minimum absolute atomic E-state index is 0.198. The fourth-order valence-electron chi connectivity index (χ4n) is 2.22. The molecule has 1 aliphatic rings. The van der Waals surface area contributed by atoms with Crippen molar-refractivity contribution in [3.63, 3.8) is 0 Å². The summed E-state index contributed by atoms with van der Waals surface area (Å²) in [6.45, 7) is 3.35. The molecule has 2 heterocycles. The molecule has 0 saturated carbocycles. The minimum Gasteiger partial charge on any atom is -0.394 e. The Labute approximate surface area is 89.7 Å². The number of hydrogen-bond donors (Lipinski definition) is 2. The van der Waals surface area contributed by atoms with Gasteiger partial charge >= 0.3 is 0 Å². The first kappa shape index (κ1) is 10.2. The SMILES string of the molecule is CC1CCN(c2ccnc(N)c2)C1CO. The first-order chi connectivity index (χ1) is 7.22. The van der Waals surface area contributed by atoms with Crippen LogP contribution in [0.15, 0.2) is 18.3 Å². The van der Waals surface area contributed by atoms with E-state index in [0.29, 0.717) is 11.7 Å². The summed E-state index contributed by atoms with van der Waals surface area (Å²) in [5, 5.41) is 9.35. The molecule has 0 aliphatic carbocycles. The number of nitrogens with two attached hydrogens (primary N) is 1. The van der Waals surface area contributed by atoms with E-state index in [4.69, 9.17) is 5.73 Å². The van der Waals surface area contributed by atoms with Crippen LogP contribution in [0.3, 0.4) is 0 Å². The molecule has 0 spiro atoms. The van der Waals surface area contributed by atoms with E-state index in [9.17, 15) is 5.11 Å². The van der Waals surface area contributed by atoms with Crippen LogP contribution < -0.4 is 10.6 Å². The highest BCUT2D eigenvalue weighted by Crippen LogP contribution is 2.29. The van der Waals surface area contributed by atoms with E-state index in [1.54, 1.807) is 6.20 Å². The number of aliphatic hydroxyl groups is 1. The molecule has 2 atom stereocenters. The normalized spacial score (nSPS) is 25.9. The molecule has 1 fully saturated rings. The van der Waals surface area contributed by atoms with E-state index >= 15 is 0 Å². The van der Waals surface area contributed by atoms with Crippen LogP contribution in [0.2, 0.25) is 0 Å². The molecule has 1 aliphatic heterocycles. The molecule has 1 saturated heterocycles. The standard InChI is InChI=1S/C11H17N3O/c1-8-3-5-14(10(8)7-15)9-2-4-13-11(12)6-9/h2,4,6,8,10,15H,3,5,7H2,1H3,(H2,12,13). The highest BCUT2D eigenvalue weighted by atomic mass is 16.3. The van der Waals surface area contributed by atoms with Gasteiger partial charge < -0.3 is 15.7 Å². The van der Waals surface area contributed by atoms with E-state index in [1.807, 2.05) is 12.1 Å². The van der Waals surface area contributed by atoms with E-state index in [2.05, 4.69) is 16.8 Å². The van der Waals surface area contributed by atoms with Crippen LogP contribution in [0.5, 0.6) is 0 Å². The third-order valence-corrected chi connectivity index (χ3v) is 3.17. The van der Waals surface area contributed by atoms with Gasteiger partial charge in [-0.05, 0) is 18.4 Å². The lowest BCUT2D eigenvalue weighted by Gasteiger charge is -2.27. The zero-order valence-corrected chi connectivity index (χ0v) is 8.93. The van der Waals surface area contributed by atoms with Gasteiger partial charge in [0.1, 0.15) is 5.82 Å². The topological polar surface area (TPSA) is 62.4 Å². The summed E-state index contributed by atoms with van der Waals surface area (Å²) in [6, 6.07) is 4.02. The van der Waals surface area contributed by atoms with Crippen molar-refractivity contribution in [1.29, 1.82) is 0 Å². The number of aromatic nitrogens is 1. The predicted octanol–water partition coefficient (Wildman–Crippen LogP) is 0.871. The molecule has 2 rings (SSSR count). The van der Waals surface area contributed by atoms with Gasteiger partial charge in [-0.2, -0.15) is 0 Å². The van der Waals surface area contributed by atoms with Crippen molar-refractivity contribution in [3.05, 3.63) is 18.3 Å². The Kier molecular flexibility index (Phi) is 2.77. The van der Waals surface area contributed by atoms with Crippen LogP contribution in [0.4, 0.5) is 11.5 Å². The number of rotatable bonds is 2. The van der Waals surface area contributed by atoms with Gasteiger partial charge in [-0.1, -0.05) is 6.92 Å². The highest BCUT2D eigenvalue weighted by Gasteiger charge is 2.30. The Hall–Kier alpha value is -1.29. The number of nitrogens with zero attached hydrogens (tertiary/aromatic N) is 2. The molecule has 1 aromatic rings. The lowest BCUT2D eigenvalue weighted by molar-refractivity contribution is 0.245. The Morgan fingerprint density at radius 3 is 3.13 bits per heavy atom. The molecular weight excluding hydrogens is 190 g/mol. The van der Waals surface area contributed by atoms with Crippen molar-refractivity contribution in [3.8, 4) is 0 Å². The molecule has 0 bridgehead atoms. The monoisotopic (exact) mass is 207 g/mol. The van der Waals surface area contributed by atoms with Gasteiger partial charge in [-0.15, -0.1) is 0 Å². The summed E-state index contributed by atoms with van der Waals surface area (Å²) >= 11 is 0. The predicted molar refractivity (Wildman–Crippen MR) is 60.7 cm³/mol. The number of aliphatic hydroxyl groups excluding tert-OH is 1. The van der Waals surface area contributed by atoms with Crippen molar-refractivity contribution in [2.24, 2.45) is 5.92 Å². The first-order valence-electron chi connectivity index (χ1n) is 5.31. The second-order valence-corrected chi connectivity index (χ2v) is 4.15. The molecule has 3 N–H and O–H groups in total. The van der Waals surface area contributed by atoms with Crippen LogP contribution in [-0.4, -0.2) is 29.3 Å². The van der Waals surface area contributed by atoms with Gasteiger partial charge in [0, 0.05) is 24.5 Å². The first-order valence-corrected chi connectivity index (χ1v) is 5.31. The van der Waals surface area contributed by atoms with E-state index in [-0.39, 0.29) is 12.6 Å². The van der Waals surface area contributed by atoms with Crippen LogP contribution in [0, 0.1) is 5.92 Å². The van der Waals surface area contributed by atoms with Crippen molar-refractivity contribution in [2.45, 2.75) is 19.4 Å². The van der Waals surface area contributed by atoms with Crippen molar-refractivity contribution in [2.75, 3.05) is 23.8 Å². The number of anilines is 2. The molecule has 82 valence electrons. The Bertz CT molecular complexity index is 342. The number of pyridine rings is 1. The van der Waals surface area contributed by atoms with E-state index in [0.717, 1.165) is 18.7 Å². The maximum atomic E-state index is 9.35. The van der Waals surface area contributed by atoms with Gasteiger partial charge in [0.2, 0.25) is 0 Å². The summed E-state index contributed by atoms with van der Waals surface area (Å²) in [4.78, 5) is 6.18. The fraction of sp³-hybridized carbons (Fsp3) is 0.545. The maximum absolute atomic E-state index is 9.35. The van der Waals surface area contributed by atoms with Crippen molar-refractivity contribution >= 4 is 11.5 Å². The van der Waals surface area contributed by atoms with Crippen LogP contribution in [0.25, 0.3) is 0 Å². The van der Waals surface area contributed by atoms with Gasteiger partial charge in [0.05, 0.1) is 12.6 Å². The molecular formula is C11H17N3O. The number of hydrogen-bond acceptors (Lipinski definition) is 4. The summed E-state index contributed by atoms with van der Waals surface area (Å²) in [5.41, 5.74) is 6.71. The molecule has 2 unspecified atom stereocenters. The Morgan fingerprint density at radius 2 is 2.47 bits per heavy atom. The smallest absolute Gasteiger partial charge is 0.125 e. The van der Waals surface area contributed by atoms with Gasteiger partial charge in [-0.3, -0.25) is 0 Å². The highest BCUT2D eigenvalue weighted by molar-refractivity contribution is 5.53. The fourth-order valence-corrected chi connectivity index (χ4v) is 2.22. The van der Waals surface area contributed by atoms with Crippen LogP contribution in [0.1, 0.15) is 13.3 Å². The second-order valence-electron chi connectivity index (χ2n) is 4.15. The molecule has 0 radical (unpaired) electrons. The summed E-state index contributed by atoms with van der Waals surface area (Å²) in [5.74, 6) is 1.06. The Balaban J connectivity index is 2.23. The zero-order chi connectivity index (χ0) is 10.8. The molecule has 15 heavy (non-hydrogen) atoms. The third-order valence-electron chi connectivity index (χ3n) is 3.17. The largest absolute Gasteiger partial charge is 0.394 e. The summed E-state index contributed by atoms with van der Waals surface area (Å²) < 4.78 is 0. The number of nitrogen functional groups attached to an aromatic ring is 1. The zero-order valence-electron chi connectivity index (χ0n) is 8.93. The lowest BCUT2D eigenvalue weighted by Crippen LogP contribution is -2.35. The van der Waals surface area contributed by atoms with E-state index < -0.39 is 0 Å². The van der Waals surface area contributed by atoms with Crippen LogP contribution in [-0.2, 0) is 0 Å². The Morgan fingerprint density at radius 1 is 1.67 bits per heavy atom. The third kappa shape index (κ3) is 1.90. The van der Waals surface area contributed by atoms with Gasteiger partial charge in [0.25, 0.3) is 0 Å². The molecule has 4 heteroatoms. The van der Waals surface area contributed by atoms with Gasteiger partial charge in [-0.25, -0.2) is 4.98 Å². The molecule has 0 amide bonds. The average Bonchev–Trinajstić information content (AvgIpc) is 2.59. The van der Waals surface area contributed by atoms with Crippen LogP contribution >= 0.6 is 0 Å².